The maximum absolute atomic E-state index is 7.30. The van der Waals surface area contributed by atoms with Crippen LogP contribution in [0.3, 0.4) is 0 Å². The van der Waals surface area contributed by atoms with Gasteiger partial charge in [0.1, 0.15) is 6.10 Å². The summed E-state index contributed by atoms with van der Waals surface area (Å²) in [5.74, 6) is 0. The molecule has 3 rings (SSSR count). The zero-order valence-electron chi connectivity index (χ0n) is 22.2. The van der Waals surface area contributed by atoms with Gasteiger partial charge in [-0.3, -0.25) is 0 Å². The van der Waals surface area contributed by atoms with Gasteiger partial charge in [0.05, 0.1) is 18.8 Å². The lowest BCUT2D eigenvalue weighted by Gasteiger charge is -2.51. The van der Waals surface area contributed by atoms with E-state index in [1.165, 1.54) is 22.3 Å². The summed E-state index contributed by atoms with van der Waals surface area (Å²) in [6, 6.07) is 4.59. The summed E-state index contributed by atoms with van der Waals surface area (Å²) in [7, 11) is -5.09. The van der Waals surface area contributed by atoms with Crippen molar-refractivity contribution in [3.63, 3.8) is 0 Å². The SMILES string of the molecule is Cc1cc(C)c([C@H]2C[C@H]3O[Si](C(C)C)(C(C)C)O[Si](C(C)C)(C(C)C)OC[C@H]3O2)cc1C. The Morgan fingerprint density at radius 2 is 1.25 bits per heavy atom. The summed E-state index contributed by atoms with van der Waals surface area (Å²) < 4.78 is 28.0. The minimum atomic E-state index is -2.57. The van der Waals surface area contributed by atoms with Crippen LogP contribution in [-0.4, -0.2) is 35.9 Å². The molecule has 2 saturated heterocycles. The van der Waals surface area contributed by atoms with E-state index in [-0.39, 0.29) is 18.3 Å². The molecule has 182 valence electrons. The summed E-state index contributed by atoms with van der Waals surface area (Å²) in [4.78, 5) is 0. The van der Waals surface area contributed by atoms with Crippen LogP contribution in [0.15, 0.2) is 12.1 Å². The first-order valence-electron chi connectivity index (χ1n) is 12.6. The van der Waals surface area contributed by atoms with Crippen LogP contribution in [0.1, 0.15) is 90.2 Å². The van der Waals surface area contributed by atoms with Gasteiger partial charge in [-0.1, -0.05) is 67.5 Å². The molecule has 0 amide bonds. The van der Waals surface area contributed by atoms with Crippen LogP contribution in [0.25, 0.3) is 0 Å². The molecule has 3 atom stereocenters. The molecule has 32 heavy (non-hydrogen) atoms. The Hall–Kier alpha value is -0.506. The quantitative estimate of drug-likeness (QED) is 0.413. The van der Waals surface area contributed by atoms with Gasteiger partial charge in [-0.15, -0.1) is 0 Å². The average molecular weight is 479 g/mol. The van der Waals surface area contributed by atoms with E-state index in [1.807, 2.05) is 0 Å². The largest absolute Gasteiger partial charge is 0.414 e. The fourth-order valence-corrected chi connectivity index (χ4v) is 16.9. The van der Waals surface area contributed by atoms with Crippen LogP contribution in [0.4, 0.5) is 0 Å². The van der Waals surface area contributed by atoms with Crippen LogP contribution >= 0.6 is 0 Å². The molecule has 0 aliphatic carbocycles. The number of benzene rings is 1. The molecule has 0 radical (unpaired) electrons. The van der Waals surface area contributed by atoms with E-state index in [0.717, 1.165) is 6.42 Å². The molecule has 4 nitrogen and oxygen atoms in total. The maximum Gasteiger partial charge on any atom is 0.335 e. The third-order valence-electron chi connectivity index (χ3n) is 7.78. The van der Waals surface area contributed by atoms with Crippen molar-refractivity contribution in [2.75, 3.05) is 6.61 Å². The summed E-state index contributed by atoms with van der Waals surface area (Å²) in [6.45, 7) is 25.3. The Balaban J connectivity index is 2.02. The predicted octanol–water partition coefficient (Wildman–Crippen LogP) is 7.40. The van der Waals surface area contributed by atoms with Gasteiger partial charge < -0.3 is 17.7 Å². The molecule has 1 aromatic carbocycles. The molecule has 0 N–H and O–H groups in total. The molecule has 0 spiro atoms. The fourth-order valence-electron chi connectivity index (χ4n) is 5.68. The van der Waals surface area contributed by atoms with E-state index in [9.17, 15) is 0 Å². The molecule has 0 aromatic heterocycles. The van der Waals surface area contributed by atoms with Crippen molar-refractivity contribution < 1.29 is 17.7 Å². The van der Waals surface area contributed by atoms with Gasteiger partial charge in [0.15, 0.2) is 0 Å². The molecule has 1 aromatic rings. The summed E-state index contributed by atoms with van der Waals surface area (Å²) >= 11 is 0. The lowest BCUT2D eigenvalue weighted by molar-refractivity contribution is -0.0387. The third kappa shape index (κ3) is 4.56. The van der Waals surface area contributed by atoms with E-state index >= 15 is 0 Å². The summed E-state index contributed by atoms with van der Waals surface area (Å²) in [5, 5.41) is 0. The molecule has 6 heteroatoms. The van der Waals surface area contributed by atoms with Crippen LogP contribution in [0.5, 0.6) is 0 Å². The third-order valence-corrected chi connectivity index (χ3v) is 18.1. The molecular formula is C26H46O4Si2. The van der Waals surface area contributed by atoms with Crippen LogP contribution in [0, 0.1) is 20.8 Å². The van der Waals surface area contributed by atoms with Crippen molar-refractivity contribution in [1.29, 1.82) is 0 Å². The topological polar surface area (TPSA) is 36.9 Å². The predicted molar refractivity (Wildman–Crippen MR) is 137 cm³/mol. The number of rotatable bonds is 5. The number of ether oxygens (including phenoxy) is 1. The molecule has 0 saturated carbocycles. The second kappa shape index (κ2) is 9.63. The second-order valence-corrected chi connectivity index (χ2v) is 20.2. The van der Waals surface area contributed by atoms with Gasteiger partial charge >= 0.3 is 17.1 Å². The van der Waals surface area contributed by atoms with Crippen LogP contribution < -0.4 is 0 Å². The standard InChI is InChI=1S/C26H46O4Si2/c1-16(2)31(17(3)4)27-15-26-25(29-32(30-31,18(5)6)19(7)8)14-24(28-26)23-13-21(10)20(9)12-22(23)11/h12-13,16-19,24-26H,14-15H2,1-11H3/t24-,25-,26-/m1/s1. The summed E-state index contributed by atoms with van der Waals surface area (Å²) in [6.07, 6.45) is 0.890. The summed E-state index contributed by atoms with van der Waals surface area (Å²) in [5.41, 5.74) is 6.64. The van der Waals surface area contributed by atoms with Crippen molar-refractivity contribution >= 4 is 17.1 Å². The van der Waals surface area contributed by atoms with Gasteiger partial charge in [-0.05, 0) is 65.2 Å². The van der Waals surface area contributed by atoms with Gasteiger partial charge in [0.2, 0.25) is 0 Å². The normalized spacial score (nSPS) is 27.8. The lowest BCUT2D eigenvalue weighted by Crippen LogP contribution is -2.65. The Bertz CT molecular complexity index is 789. The highest BCUT2D eigenvalue weighted by Gasteiger charge is 2.60. The van der Waals surface area contributed by atoms with E-state index in [1.54, 1.807) is 0 Å². The van der Waals surface area contributed by atoms with Crippen molar-refractivity contribution in [2.45, 2.75) is 123 Å². The molecule has 2 fully saturated rings. The monoisotopic (exact) mass is 478 g/mol. The van der Waals surface area contributed by atoms with E-state index in [2.05, 4.69) is 88.3 Å². The van der Waals surface area contributed by atoms with E-state index in [4.69, 9.17) is 17.7 Å². The van der Waals surface area contributed by atoms with Gasteiger partial charge in [-0.25, -0.2) is 0 Å². The minimum Gasteiger partial charge on any atom is -0.414 e. The molecular weight excluding hydrogens is 432 g/mol. The van der Waals surface area contributed by atoms with E-state index in [0.29, 0.717) is 28.8 Å². The lowest BCUT2D eigenvalue weighted by atomic mass is 9.95. The Labute approximate surface area is 198 Å². The first kappa shape index (κ1) is 26.1. The van der Waals surface area contributed by atoms with Crippen molar-refractivity contribution in [1.82, 2.24) is 0 Å². The first-order chi connectivity index (χ1) is 14.8. The van der Waals surface area contributed by atoms with Gasteiger partial charge in [0.25, 0.3) is 0 Å². The molecule has 2 aliphatic heterocycles. The van der Waals surface area contributed by atoms with Crippen molar-refractivity contribution in [3.8, 4) is 0 Å². The van der Waals surface area contributed by atoms with E-state index < -0.39 is 17.1 Å². The second-order valence-electron chi connectivity index (χ2n) is 11.3. The van der Waals surface area contributed by atoms with Gasteiger partial charge in [-0.2, -0.15) is 0 Å². The Kier molecular flexibility index (Phi) is 7.85. The molecule has 0 bridgehead atoms. The molecule has 2 heterocycles. The average Bonchev–Trinajstić information content (AvgIpc) is 3.05. The smallest absolute Gasteiger partial charge is 0.335 e. The zero-order valence-corrected chi connectivity index (χ0v) is 24.2. The highest BCUT2D eigenvalue weighted by molar-refractivity contribution is 6.83. The highest BCUT2D eigenvalue weighted by Crippen LogP contribution is 2.49. The number of hydrogen-bond acceptors (Lipinski definition) is 4. The molecule has 2 aliphatic rings. The Morgan fingerprint density at radius 3 is 1.78 bits per heavy atom. The van der Waals surface area contributed by atoms with Crippen LogP contribution in [0.2, 0.25) is 22.2 Å². The fraction of sp³-hybridized carbons (Fsp3) is 0.769. The number of hydrogen-bond donors (Lipinski definition) is 0. The minimum absolute atomic E-state index is 0.0174. The maximum atomic E-state index is 7.30. The van der Waals surface area contributed by atoms with Crippen molar-refractivity contribution in [3.05, 3.63) is 34.4 Å². The Morgan fingerprint density at radius 1 is 0.719 bits per heavy atom. The molecule has 0 unspecified atom stereocenters. The highest BCUT2D eigenvalue weighted by atomic mass is 28.5. The van der Waals surface area contributed by atoms with Gasteiger partial charge in [0, 0.05) is 6.42 Å². The number of fused-ring (bicyclic) bond motifs is 1. The first-order valence-corrected chi connectivity index (χ1v) is 16.5. The number of aryl methyl sites for hydroxylation is 3. The zero-order chi connectivity index (χ0) is 24.0. The van der Waals surface area contributed by atoms with Crippen LogP contribution in [-0.2, 0) is 17.7 Å². The van der Waals surface area contributed by atoms with Crippen molar-refractivity contribution in [2.24, 2.45) is 0 Å².